The number of nitrogens with zero attached hydrogens (tertiary/aromatic N) is 1. The van der Waals surface area contributed by atoms with E-state index in [1.807, 2.05) is 0 Å². The van der Waals surface area contributed by atoms with Gasteiger partial charge in [0.2, 0.25) is 0 Å². The van der Waals surface area contributed by atoms with Gasteiger partial charge in [0.15, 0.2) is 0 Å². The van der Waals surface area contributed by atoms with Crippen molar-refractivity contribution in [1.82, 2.24) is 4.90 Å². The van der Waals surface area contributed by atoms with Gasteiger partial charge in [0.25, 0.3) is 0 Å². The lowest BCUT2D eigenvalue weighted by Gasteiger charge is -2.38. The SMILES string of the molecule is CCN(CCN)CC1(C)CCCCC1. The Bertz CT molecular complexity index is 150. The molecule has 1 fully saturated rings. The van der Waals surface area contributed by atoms with Crippen molar-refractivity contribution in [2.45, 2.75) is 46.0 Å². The van der Waals surface area contributed by atoms with E-state index in [4.69, 9.17) is 5.73 Å². The minimum absolute atomic E-state index is 0.573. The monoisotopic (exact) mass is 198 g/mol. The van der Waals surface area contributed by atoms with E-state index in [1.54, 1.807) is 0 Å². The van der Waals surface area contributed by atoms with Crippen LogP contribution < -0.4 is 5.73 Å². The molecule has 0 radical (unpaired) electrons. The summed E-state index contributed by atoms with van der Waals surface area (Å²) in [4.78, 5) is 2.51. The normalized spacial score (nSPS) is 21.4. The molecule has 0 saturated heterocycles. The Balaban J connectivity index is 2.38. The molecule has 0 aromatic heterocycles. The van der Waals surface area contributed by atoms with Gasteiger partial charge in [-0.15, -0.1) is 0 Å². The molecular weight excluding hydrogens is 172 g/mol. The first-order valence-corrected chi connectivity index (χ1v) is 6.12. The number of hydrogen-bond acceptors (Lipinski definition) is 2. The van der Waals surface area contributed by atoms with Crippen LogP contribution in [0.4, 0.5) is 0 Å². The summed E-state index contributed by atoms with van der Waals surface area (Å²) in [5.41, 5.74) is 6.18. The van der Waals surface area contributed by atoms with Gasteiger partial charge in [-0.3, -0.25) is 0 Å². The second-order valence-corrected chi connectivity index (χ2v) is 5.03. The van der Waals surface area contributed by atoms with Crippen LogP contribution in [0.25, 0.3) is 0 Å². The first-order chi connectivity index (χ1) is 6.70. The van der Waals surface area contributed by atoms with Crippen LogP contribution in [0, 0.1) is 5.41 Å². The smallest absolute Gasteiger partial charge is 0.0105 e. The van der Waals surface area contributed by atoms with Gasteiger partial charge < -0.3 is 10.6 Å². The third-order valence-electron chi connectivity index (χ3n) is 3.56. The maximum absolute atomic E-state index is 5.61. The van der Waals surface area contributed by atoms with E-state index in [9.17, 15) is 0 Å². The summed E-state index contributed by atoms with van der Waals surface area (Å²) in [6.45, 7) is 8.94. The summed E-state index contributed by atoms with van der Waals surface area (Å²) in [6.07, 6.45) is 7.12. The van der Waals surface area contributed by atoms with E-state index in [1.165, 1.54) is 38.6 Å². The molecule has 14 heavy (non-hydrogen) atoms. The Hall–Kier alpha value is -0.0800. The molecule has 0 aromatic rings. The molecule has 0 amide bonds. The molecule has 0 heterocycles. The van der Waals surface area contributed by atoms with Crippen molar-refractivity contribution in [3.8, 4) is 0 Å². The van der Waals surface area contributed by atoms with Gasteiger partial charge in [-0.2, -0.15) is 0 Å². The molecule has 1 saturated carbocycles. The van der Waals surface area contributed by atoms with Crippen LogP contribution in [0.2, 0.25) is 0 Å². The summed E-state index contributed by atoms with van der Waals surface area (Å²) >= 11 is 0. The number of likely N-dealkylation sites (N-methyl/N-ethyl adjacent to an activating group) is 1. The molecule has 84 valence electrons. The third-order valence-corrected chi connectivity index (χ3v) is 3.56. The summed E-state index contributed by atoms with van der Waals surface area (Å²) in [5, 5.41) is 0. The predicted molar refractivity (Wildman–Crippen MR) is 62.4 cm³/mol. The first-order valence-electron chi connectivity index (χ1n) is 6.12. The summed E-state index contributed by atoms with van der Waals surface area (Å²) in [5.74, 6) is 0. The average Bonchev–Trinajstić information content (AvgIpc) is 2.18. The van der Waals surface area contributed by atoms with Crippen LogP contribution in [-0.4, -0.2) is 31.1 Å². The molecule has 0 bridgehead atoms. The predicted octanol–water partition coefficient (Wildman–Crippen LogP) is 2.24. The van der Waals surface area contributed by atoms with Gasteiger partial charge in [0.1, 0.15) is 0 Å². The third kappa shape index (κ3) is 3.58. The Labute approximate surface area is 88.8 Å². The fraction of sp³-hybridized carbons (Fsp3) is 1.00. The molecule has 2 nitrogen and oxygen atoms in total. The molecule has 1 rings (SSSR count). The van der Waals surface area contributed by atoms with Gasteiger partial charge in [-0.1, -0.05) is 33.1 Å². The molecule has 2 heteroatoms. The minimum atomic E-state index is 0.573. The lowest BCUT2D eigenvalue weighted by atomic mass is 9.75. The van der Waals surface area contributed by atoms with Crippen LogP contribution >= 0.6 is 0 Å². The Morgan fingerprint density at radius 3 is 2.36 bits per heavy atom. The summed E-state index contributed by atoms with van der Waals surface area (Å²) < 4.78 is 0. The second-order valence-electron chi connectivity index (χ2n) is 5.03. The van der Waals surface area contributed by atoms with Crippen LogP contribution in [-0.2, 0) is 0 Å². The van der Waals surface area contributed by atoms with E-state index < -0.39 is 0 Å². The molecule has 1 aliphatic rings. The molecule has 0 spiro atoms. The largest absolute Gasteiger partial charge is 0.329 e. The van der Waals surface area contributed by atoms with Crippen LogP contribution in [0.1, 0.15) is 46.0 Å². The van der Waals surface area contributed by atoms with Gasteiger partial charge in [-0.05, 0) is 24.8 Å². The zero-order valence-corrected chi connectivity index (χ0v) is 9.89. The van der Waals surface area contributed by atoms with Gasteiger partial charge >= 0.3 is 0 Å². The molecule has 0 aromatic carbocycles. The van der Waals surface area contributed by atoms with E-state index in [0.717, 1.165) is 19.6 Å². The fourth-order valence-electron chi connectivity index (χ4n) is 2.63. The maximum atomic E-state index is 5.61. The molecule has 0 atom stereocenters. The highest BCUT2D eigenvalue weighted by Gasteiger charge is 2.28. The van der Waals surface area contributed by atoms with E-state index in [0.29, 0.717) is 5.41 Å². The van der Waals surface area contributed by atoms with Crippen molar-refractivity contribution < 1.29 is 0 Å². The Morgan fingerprint density at radius 1 is 1.21 bits per heavy atom. The van der Waals surface area contributed by atoms with Crippen molar-refractivity contribution >= 4 is 0 Å². The van der Waals surface area contributed by atoms with Crippen molar-refractivity contribution in [3.05, 3.63) is 0 Å². The number of rotatable bonds is 5. The number of hydrogen-bond donors (Lipinski definition) is 1. The van der Waals surface area contributed by atoms with Crippen molar-refractivity contribution in [1.29, 1.82) is 0 Å². The highest BCUT2D eigenvalue weighted by Crippen LogP contribution is 2.36. The quantitative estimate of drug-likeness (QED) is 0.734. The molecule has 0 unspecified atom stereocenters. The lowest BCUT2D eigenvalue weighted by molar-refractivity contribution is 0.127. The Kier molecular flexibility index (Phi) is 4.90. The minimum Gasteiger partial charge on any atom is -0.329 e. The summed E-state index contributed by atoms with van der Waals surface area (Å²) in [6, 6.07) is 0. The average molecular weight is 198 g/mol. The lowest BCUT2D eigenvalue weighted by Crippen LogP contribution is -2.39. The molecular formula is C12H26N2. The highest BCUT2D eigenvalue weighted by molar-refractivity contribution is 4.81. The van der Waals surface area contributed by atoms with E-state index >= 15 is 0 Å². The molecule has 0 aliphatic heterocycles. The molecule has 1 aliphatic carbocycles. The highest BCUT2D eigenvalue weighted by atomic mass is 15.1. The fourth-order valence-corrected chi connectivity index (χ4v) is 2.63. The topological polar surface area (TPSA) is 29.3 Å². The zero-order valence-electron chi connectivity index (χ0n) is 9.89. The van der Waals surface area contributed by atoms with Crippen molar-refractivity contribution in [2.24, 2.45) is 11.1 Å². The van der Waals surface area contributed by atoms with Gasteiger partial charge in [0, 0.05) is 19.6 Å². The van der Waals surface area contributed by atoms with Gasteiger partial charge in [0.05, 0.1) is 0 Å². The van der Waals surface area contributed by atoms with Gasteiger partial charge in [-0.25, -0.2) is 0 Å². The van der Waals surface area contributed by atoms with Crippen molar-refractivity contribution in [2.75, 3.05) is 26.2 Å². The standard InChI is InChI=1S/C12H26N2/c1-3-14(10-9-13)11-12(2)7-5-4-6-8-12/h3-11,13H2,1-2H3. The first kappa shape index (κ1) is 12.0. The van der Waals surface area contributed by atoms with Crippen LogP contribution in [0.3, 0.4) is 0 Å². The van der Waals surface area contributed by atoms with Crippen molar-refractivity contribution in [3.63, 3.8) is 0 Å². The zero-order chi connectivity index (χ0) is 10.4. The molecule has 2 N–H and O–H groups in total. The number of nitrogens with two attached hydrogens (primary N) is 1. The van der Waals surface area contributed by atoms with Crippen LogP contribution in [0.5, 0.6) is 0 Å². The Morgan fingerprint density at radius 2 is 1.86 bits per heavy atom. The second kappa shape index (κ2) is 5.72. The maximum Gasteiger partial charge on any atom is 0.0105 e. The van der Waals surface area contributed by atoms with E-state index in [2.05, 4.69) is 18.7 Å². The summed E-state index contributed by atoms with van der Waals surface area (Å²) in [7, 11) is 0. The van der Waals surface area contributed by atoms with E-state index in [-0.39, 0.29) is 0 Å². The van der Waals surface area contributed by atoms with Crippen LogP contribution in [0.15, 0.2) is 0 Å².